The van der Waals surface area contributed by atoms with Crippen molar-refractivity contribution in [3.8, 4) is 0 Å². The van der Waals surface area contributed by atoms with Crippen molar-refractivity contribution >= 4 is 15.9 Å². The Balaban J connectivity index is 2.39. The van der Waals surface area contributed by atoms with E-state index < -0.39 is 17.8 Å². The number of nitrogens with two attached hydrogens (primary N) is 1. The van der Waals surface area contributed by atoms with Crippen molar-refractivity contribution < 1.29 is 9.50 Å². The third kappa shape index (κ3) is 3.00. The number of pyridine rings is 1. The van der Waals surface area contributed by atoms with E-state index in [9.17, 15) is 9.50 Å². The molecule has 3 N–H and O–H groups in total. The Morgan fingerprint density at radius 3 is 2.68 bits per heavy atom. The van der Waals surface area contributed by atoms with Gasteiger partial charge in [-0.15, -0.1) is 0 Å². The molecule has 0 amide bonds. The maximum Gasteiger partial charge on any atom is 0.130 e. The molecule has 1 aromatic carbocycles. The molecule has 0 aliphatic rings. The van der Waals surface area contributed by atoms with E-state index in [0.29, 0.717) is 4.47 Å². The molecule has 0 aliphatic heterocycles. The zero-order chi connectivity index (χ0) is 13.8. The van der Waals surface area contributed by atoms with E-state index in [-0.39, 0.29) is 12.1 Å². The van der Waals surface area contributed by atoms with Gasteiger partial charge in [0.25, 0.3) is 0 Å². The van der Waals surface area contributed by atoms with E-state index in [1.165, 1.54) is 6.07 Å². The molecule has 0 fully saturated rings. The maximum atomic E-state index is 13.9. The first kappa shape index (κ1) is 14.1. The van der Waals surface area contributed by atoms with Gasteiger partial charge in [0.1, 0.15) is 5.82 Å². The summed E-state index contributed by atoms with van der Waals surface area (Å²) in [6.45, 7) is 0.202. The average Bonchev–Trinajstić information content (AvgIpc) is 2.40. The number of nitrogens with zero attached hydrogens (tertiary/aromatic N) is 1. The Hall–Kier alpha value is -1.30. The zero-order valence-corrected chi connectivity index (χ0v) is 11.7. The van der Waals surface area contributed by atoms with E-state index in [0.717, 1.165) is 5.56 Å². The van der Waals surface area contributed by atoms with Crippen LogP contribution in [0, 0.1) is 5.82 Å². The standard InChI is InChI=1S/C14H14BrFN2O/c15-11-4-1-5-12(16)13(11)14(19)10(7-17)9-3-2-6-18-8-9/h1-6,8,10,14,19H,7,17H2. The molecule has 5 heteroatoms. The number of hydrogen-bond donors (Lipinski definition) is 2. The van der Waals surface area contributed by atoms with Crippen LogP contribution in [0.25, 0.3) is 0 Å². The van der Waals surface area contributed by atoms with Crippen LogP contribution < -0.4 is 5.73 Å². The molecule has 3 nitrogen and oxygen atoms in total. The molecule has 2 atom stereocenters. The summed E-state index contributed by atoms with van der Waals surface area (Å²) in [4.78, 5) is 4.00. The summed E-state index contributed by atoms with van der Waals surface area (Å²) >= 11 is 3.26. The number of rotatable bonds is 4. The zero-order valence-electron chi connectivity index (χ0n) is 10.1. The van der Waals surface area contributed by atoms with Gasteiger partial charge in [-0.3, -0.25) is 4.98 Å². The fourth-order valence-electron chi connectivity index (χ4n) is 2.04. The fourth-order valence-corrected chi connectivity index (χ4v) is 2.61. The quantitative estimate of drug-likeness (QED) is 0.909. The van der Waals surface area contributed by atoms with Gasteiger partial charge in [0.05, 0.1) is 6.10 Å². The molecule has 0 saturated carbocycles. The lowest BCUT2D eigenvalue weighted by Gasteiger charge is -2.23. The number of benzene rings is 1. The average molecular weight is 325 g/mol. The Labute approximate surface area is 119 Å². The summed E-state index contributed by atoms with van der Waals surface area (Å²) in [6.07, 6.45) is 2.25. The molecule has 0 bridgehead atoms. The van der Waals surface area contributed by atoms with Gasteiger partial charge in [0.15, 0.2) is 0 Å². The summed E-state index contributed by atoms with van der Waals surface area (Å²) in [6, 6.07) is 8.18. The smallest absolute Gasteiger partial charge is 0.130 e. The lowest BCUT2D eigenvalue weighted by Crippen LogP contribution is -2.21. The van der Waals surface area contributed by atoms with Crippen LogP contribution in [0.1, 0.15) is 23.1 Å². The van der Waals surface area contributed by atoms with E-state index >= 15 is 0 Å². The van der Waals surface area contributed by atoms with E-state index in [4.69, 9.17) is 5.73 Å². The van der Waals surface area contributed by atoms with Crippen LogP contribution in [-0.4, -0.2) is 16.6 Å². The van der Waals surface area contributed by atoms with E-state index in [1.807, 2.05) is 6.07 Å². The van der Waals surface area contributed by atoms with Crippen LogP contribution in [0.15, 0.2) is 47.2 Å². The third-order valence-corrected chi connectivity index (χ3v) is 3.73. The third-order valence-electron chi connectivity index (χ3n) is 3.04. The molecule has 0 spiro atoms. The Morgan fingerprint density at radius 1 is 1.32 bits per heavy atom. The minimum atomic E-state index is -1.02. The highest BCUT2D eigenvalue weighted by Gasteiger charge is 2.26. The lowest BCUT2D eigenvalue weighted by molar-refractivity contribution is 0.142. The molecule has 0 radical (unpaired) electrons. The van der Waals surface area contributed by atoms with Gasteiger partial charge in [-0.25, -0.2) is 4.39 Å². The molecule has 1 aromatic heterocycles. The fraction of sp³-hybridized carbons (Fsp3) is 0.214. The molecule has 100 valence electrons. The first-order valence-electron chi connectivity index (χ1n) is 5.87. The van der Waals surface area contributed by atoms with Crippen molar-refractivity contribution in [3.63, 3.8) is 0 Å². The Kier molecular flexibility index (Phi) is 4.63. The number of hydrogen-bond acceptors (Lipinski definition) is 3. The SMILES string of the molecule is NCC(c1cccnc1)C(O)c1c(F)cccc1Br. The summed E-state index contributed by atoms with van der Waals surface area (Å²) in [7, 11) is 0. The van der Waals surface area contributed by atoms with Gasteiger partial charge in [0, 0.05) is 34.9 Å². The van der Waals surface area contributed by atoms with Crippen molar-refractivity contribution in [3.05, 3.63) is 64.1 Å². The second-order valence-corrected chi connectivity index (χ2v) is 5.06. The largest absolute Gasteiger partial charge is 0.388 e. The summed E-state index contributed by atoms with van der Waals surface area (Å²) in [5.74, 6) is -0.855. The van der Waals surface area contributed by atoms with Crippen LogP contribution >= 0.6 is 15.9 Å². The van der Waals surface area contributed by atoms with Crippen molar-refractivity contribution in [1.82, 2.24) is 4.98 Å². The summed E-state index contributed by atoms with van der Waals surface area (Å²) < 4.78 is 14.4. The number of aliphatic hydroxyl groups excluding tert-OH is 1. The first-order chi connectivity index (χ1) is 9.15. The van der Waals surface area contributed by atoms with Gasteiger partial charge in [0.2, 0.25) is 0 Å². The summed E-state index contributed by atoms with van der Waals surface area (Å²) in [5.41, 5.74) is 6.73. The normalized spacial score (nSPS) is 14.1. The van der Waals surface area contributed by atoms with Crippen molar-refractivity contribution in [2.24, 2.45) is 5.73 Å². The second kappa shape index (κ2) is 6.23. The van der Waals surface area contributed by atoms with Gasteiger partial charge in [-0.05, 0) is 23.8 Å². The molecule has 0 aliphatic carbocycles. The Bertz CT molecular complexity index is 530. The van der Waals surface area contributed by atoms with Gasteiger partial charge in [-0.2, -0.15) is 0 Å². The summed E-state index contributed by atoms with van der Waals surface area (Å²) in [5, 5.41) is 10.4. The molecule has 19 heavy (non-hydrogen) atoms. The molecule has 1 heterocycles. The molecular weight excluding hydrogens is 311 g/mol. The van der Waals surface area contributed by atoms with Crippen LogP contribution in [0.3, 0.4) is 0 Å². The molecule has 2 rings (SSSR count). The highest BCUT2D eigenvalue weighted by Crippen LogP contribution is 2.35. The highest BCUT2D eigenvalue weighted by molar-refractivity contribution is 9.10. The lowest BCUT2D eigenvalue weighted by atomic mass is 9.90. The number of halogens is 2. The van der Waals surface area contributed by atoms with Crippen LogP contribution in [-0.2, 0) is 0 Å². The topological polar surface area (TPSA) is 59.1 Å². The van der Waals surface area contributed by atoms with Crippen molar-refractivity contribution in [1.29, 1.82) is 0 Å². The van der Waals surface area contributed by atoms with E-state index in [2.05, 4.69) is 20.9 Å². The van der Waals surface area contributed by atoms with Crippen LogP contribution in [0.4, 0.5) is 4.39 Å². The second-order valence-electron chi connectivity index (χ2n) is 4.21. The van der Waals surface area contributed by atoms with Crippen LogP contribution in [0.2, 0.25) is 0 Å². The molecule has 2 unspecified atom stereocenters. The van der Waals surface area contributed by atoms with Gasteiger partial charge >= 0.3 is 0 Å². The number of aliphatic hydroxyl groups is 1. The highest BCUT2D eigenvalue weighted by atomic mass is 79.9. The molecular formula is C14H14BrFN2O. The Morgan fingerprint density at radius 2 is 2.11 bits per heavy atom. The van der Waals surface area contributed by atoms with Crippen molar-refractivity contribution in [2.45, 2.75) is 12.0 Å². The maximum absolute atomic E-state index is 13.9. The molecule has 2 aromatic rings. The monoisotopic (exact) mass is 324 g/mol. The number of aromatic nitrogens is 1. The minimum absolute atomic E-state index is 0.202. The predicted molar refractivity (Wildman–Crippen MR) is 75.1 cm³/mol. The van der Waals surface area contributed by atoms with Gasteiger partial charge < -0.3 is 10.8 Å². The van der Waals surface area contributed by atoms with Crippen molar-refractivity contribution in [2.75, 3.05) is 6.54 Å². The first-order valence-corrected chi connectivity index (χ1v) is 6.66. The van der Waals surface area contributed by atoms with Gasteiger partial charge in [-0.1, -0.05) is 28.1 Å². The van der Waals surface area contributed by atoms with E-state index in [1.54, 1.807) is 30.6 Å². The minimum Gasteiger partial charge on any atom is -0.388 e. The van der Waals surface area contributed by atoms with Crippen LogP contribution in [0.5, 0.6) is 0 Å². The molecule has 0 saturated heterocycles. The predicted octanol–water partition coefficient (Wildman–Crippen LogP) is 2.76.